The molecule has 0 amide bonds. The highest BCUT2D eigenvalue weighted by molar-refractivity contribution is 5.67. The van der Waals surface area contributed by atoms with Crippen LogP contribution in [0.5, 0.6) is 0 Å². The Hall–Kier alpha value is -1.55. The van der Waals surface area contributed by atoms with E-state index in [2.05, 4.69) is 48.3 Å². The standard InChI is InChI=1S/C19H30N2O2/c1-3-21(4-2)18-11-7-16(8-12-18)14-20-13-15-5-9-17(10-6-15)19(22)23/h7-8,11-12,15,17,20H,3-6,9-10,13-14H2,1-2H3,(H,22,23). The van der Waals surface area contributed by atoms with Crippen LogP contribution in [0.25, 0.3) is 0 Å². The number of nitrogens with two attached hydrogens (primary N) is 1. The van der Waals surface area contributed by atoms with E-state index >= 15 is 0 Å². The van der Waals surface area contributed by atoms with Crippen molar-refractivity contribution < 1.29 is 15.2 Å². The van der Waals surface area contributed by atoms with Crippen LogP contribution < -0.4 is 15.3 Å². The van der Waals surface area contributed by atoms with Gasteiger partial charge in [-0.05, 0) is 57.6 Å². The van der Waals surface area contributed by atoms with Crippen LogP contribution in [0.2, 0.25) is 0 Å². The van der Waals surface area contributed by atoms with Crippen LogP contribution in [0.4, 0.5) is 5.69 Å². The number of carbonyl (C=O) groups is 1. The molecule has 0 bridgehead atoms. The van der Waals surface area contributed by atoms with Gasteiger partial charge < -0.3 is 20.1 Å². The number of quaternary nitrogens is 1. The van der Waals surface area contributed by atoms with E-state index in [1.165, 1.54) is 11.3 Å². The maximum absolute atomic E-state index is 10.9. The van der Waals surface area contributed by atoms with Crippen molar-refractivity contribution in [3.63, 3.8) is 0 Å². The van der Waals surface area contributed by atoms with Gasteiger partial charge in [0.05, 0.1) is 6.54 Å². The molecule has 1 saturated carbocycles. The highest BCUT2D eigenvalue weighted by Gasteiger charge is 2.22. The molecule has 0 atom stereocenters. The van der Waals surface area contributed by atoms with Gasteiger partial charge in [0.15, 0.2) is 0 Å². The molecule has 4 heteroatoms. The fourth-order valence-corrected chi connectivity index (χ4v) is 3.55. The lowest BCUT2D eigenvalue weighted by Crippen LogP contribution is -2.84. The topological polar surface area (TPSA) is 60.0 Å². The molecule has 0 spiro atoms. The molecular weight excluding hydrogens is 288 g/mol. The van der Waals surface area contributed by atoms with E-state index in [9.17, 15) is 9.90 Å². The Morgan fingerprint density at radius 1 is 1.13 bits per heavy atom. The molecule has 1 aliphatic carbocycles. The van der Waals surface area contributed by atoms with Gasteiger partial charge in [-0.3, -0.25) is 0 Å². The van der Waals surface area contributed by atoms with E-state index in [1.54, 1.807) is 0 Å². The lowest BCUT2D eigenvalue weighted by atomic mass is 9.82. The minimum atomic E-state index is -0.860. The number of hydrogen-bond acceptors (Lipinski definition) is 3. The van der Waals surface area contributed by atoms with Gasteiger partial charge in [0.25, 0.3) is 0 Å². The van der Waals surface area contributed by atoms with E-state index in [-0.39, 0.29) is 5.92 Å². The molecule has 0 aliphatic heterocycles. The van der Waals surface area contributed by atoms with Crippen LogP contribution >= 0.6 is 0 Å². The summed E-state index contributed by atoms with van der Waals surface area (Å²) in [5.74, 6) is -0.417. The average Bonchev–Trinajstić information content (AvgIpc) is 2.58. The highest BCUT2D eigenvalue weighted by atomic mass is 16.4. The fourth-order valence-electron chi connectivity index (χ4n) is 3.55. The summed E-state index contributed by atoms with van der Waals surface area (Å²) in [6.45, 7) is 8.53. The zero-order chi connectivity index (χ0) is 16.7. The summed E-state index contributed by atoms with van der Waals surface area (Å²) in [6, 6.07) is 8.86. The van der Waals surface area contributed by atoms with Crippen LogP contribution in [0.3, 0.4) is 0 Å². The number of carboxylic acids is 1. The van der Waals surface area contributed by atoms with Crippen molar-refractivity contribution in [2.24, 2.45) is 11.8 Å². The van der Waals surface area contributed by atoms with Crippen molar-refractivity contribution in [2.45, 2.75) is 46.1 Å². The second kappa shape index (κ2) is 8.92. The van der Waals surface area contributed by atoms with Crippen LogP contribution in [0, 0.1) is 11.8 Å². The van der Waals surface area contributed by atoms with E-state index in [0.29, 0.717) is 5.92 Å². The van der Waals surface area contributed by atoms with Gasteiger partial charge in [-0.2, -0.15) is 0 Å². The van der Waals surface area contributed by atoms with Crippen molar-refractivity contribution in [3.8, 4) is 0 Å². The number of hydrogen-bond donors (Lipinski definition) is 1. The summed E-state index contributed by atoms with van der Waals surface area (Å²) in [4.78, 5) is 13.2. The number of carboxylic acid groups (broad SMARTS) is 1. The summed E-state index contributed by atoms with van der Waals surface area (Å²) in [7, 11) is 0. The summed E-state index contributed by atoms with van der Waals surface area (Å²) < 4.78 is 0. The maximum Gasteiger partial charge on any atom is 0.101 e. The summed E-state index contributed by atoms with van der Waals surface area (Å²) >= 11 is 0. The maximum atomic E-state index is 10.9. The number of nitrogens with zero attached hydrogens (tertiary/aromatic N) is 1. The molecule has 0 aromatic heterocycles. The van der Waals surface area contributed by atoms with Gasteiger partial charge in [-0.25, -0.2) is 0 Å². The Bertz CT molecular complexity index is 475. The first-order chi connectivity index (χ1) is 11.1. The molecule has 1 fully saturated rings. The first kappa shape index (κ1) is 17.8. The van der Waals surface area contributed by atoms with Crippen LogP contribution in [-0.4, -0.2) is 25.6 Å². The minimum absolute atomic E-state index is 0.209. The lowest BCUT2D eigenvalue weighted by Gasteiger charge is -2.28. The van der Waals surface area contributed by atoms with E-state index < -0.39 is 5.97 Å². The monoisotopic (exact) mass is 318 g/mol. The third-order valence-electron chi connectivity index (χ3n) is 5.13. The van der Waals surface area contributed by atoms with Gasteiger partial charge in [0.2, 0.25) is 0 Å². The summed E-state index contributed by atoms with van der Waals surface area (Å²) in [5, 5.41) is 13.2. The second-order valence-electron chi connectivity index (χ2n) is 6.60. The lowest BCUT2D eigenvalue weighted by molar-refractivity contribution is -0.676. The average molecular weight is 318 g/mol. The number of benzene rings is 1. The molecule has 1 aromatic carbocycles. The number of anilines is 1. The number of rotatable bonds is 8. The molecular formula is C19H30N2O2. The molecule has 1 aliphatic rings. The summed E-state index contributed by atoms with van der Waals surface area (Å²) in [6.07, 6.45) is 3.63. The van der Waals surface area contributed by atoms with E-state index in [4.69, 9.17) is 0 Å². The zero-order valence-corrected chi connectivity index (χ0v) is 14.5. The third-order valence-corrected chi connectivity index (χ3v) is 5.13. The molecule has 128 valence electrons. The zero-order valence-electron chi connectivity index (χ0n) is 14.5. The molecule has 0 radical (unpaired) electrons. The second-order valence-corrected chi connectivity index (χ2v) is 6.60. The Balaban J connectivity index is 1.71. The Kier molecular flexibility index (Phi) is 6.90. The smallest absolute Gasteiger partial charge is 0.101 e. The Morgan fingerprint density at radius 2 is 1.74 bits per heavy atom. The van der Waals surface area contributed by atoms with Crippen LogP contribution in [-0.2, 0) is 11.3 Å². The van der Waals surface area contributed by atoms with Gasteiger partial charge in [-0.1, -0.05) is 12.1 Å². The molecule has 0 unspecified atom stereocenters. The molecule has 1 aromatic rings. The Morgan fingerprint density at radius 3 is 2.26 bits per heavy atom. The van der Waals surface area contributed by atoms with Crippen LogP contribution in [0.1, 0.15) is 45.1 Å². The molecule has 2 N–H and O–H groups in total. The quantitative estimate of drug-likeness (QED) is 0.782. The van der Waals surface area contributed by atoms with E-state index in [0.717, 1.165) is 51.9 Å². The SMILES string of the molecule is CCN(CC)c1ccc(C[NH2+]CC2CCC(C(=O)[O-])CC2)cc1. The van der Waals surface area contributed by atoms with Crippen molar-refractivity contribution in [1.82, 2.24) is 0 Å². The van der Waals surface area contributed by atoms with Crippen molar-refractivity contribution in [2.75, 3.05) is 24.5 Å². The van der Waals surface area contributed by atoms with Gasteiger partial charge in [-0.15, -0.1) is 0 Å². The predicted octanol–water partition coefficient (Wildman–Crippen LogP) is 1.15. The van der Waals surface area contributed by atoms with Gasteiger partial charge >= 0.3 is 0 Å². The summed E-state index contributed by atoms with van der Waals surface area (Å²) in [5.41, 5.74) is 2.64. The van der Waals surface area contributed by atoms with Gasteiger partial charge in [0, 0.05) is 36.2 Å². The largest absolute Gasteiger partial charge is 0.550 e. The minimum Gasteiger partial charge on any atom is -0.550 e. The third kappa shape index (κ3) is 5.24. The predicted molar refractivity (Wildman–Crippen MR) is 91.0 cm³/mol. The van der Waals surface area contributed by atoms with Gasteiger partial charge in [0.1, 0.15) is 6.54 Å². The number of aliphatic carboxylic acids is 1. The first-order valence-electron chi connectivity index (χ1n) is 9.00. The highest BCUT2D eigenvalue weighted by Crippen LogP contribution is 2.27. The van der Waals surface area contributed by atoms with Crippen molar-refractivity contribution >= 4 is 11.7 Å². The Labute approximate surface area is 139 Å². The molecule has 0 saturated heterocycles. The van der Waals surface area contributed by atoms with Crippen LogP contribution in [0.15, 0.2) is 24.3 Å². The molecule has 0 heterocycles. The first-order valence-corrected chi connectivity index (χ1v) is 9.00. The van der Waals surface area contributed by atoms with Crippen molar-refractivity contribution in [1.29, 1.82) is 0 Å². The van der Waals surface area contributed by atoms with Crippen molar-refractivity contribution in [3.05, 3.63) is 29.8 Å². The fraction of sp³-hybridized carbons (Fsp3) is 0.632. The molecule has 2 rings (SSSR count). The van der Waals surface area contributed by atoms with E-state index in [1.807, 2.05) is 0 Å². The molecule has 4 nitrogen and oxygen atoms in total. The molecule has 23 heavy (non-hydrogen) atoms. The normalized spacial score (nSPS) is 21.1. The number of carbonyl (C=O) groups excluding carboxylic acids is 1.